The van der Waals surface area contributed by atoms with Crippen LogP contribution in [0.5, 0.6) is 0 Å². The van der Waals surface area contributed by atoms with Gasteiger partial charge in [0, 0.05) is 17.4 Å². The molecule has 1 rings (SSSR count). The second-order valence-corrected chi connectivity index (χ2v) is 3.99. The standard InChI is InChI=1S/C12H21N3/c1-4-5-6-12(15-13)11-8-7-9(2)14-10(11)3/h7-8,12,15H,4-6,13H2,1-3H3. The molecule has 0 amide bonds. The van der Waals surface area contributed by atoms with Gasteiger partial charge in [0.15, 0.2) is 0 Å². The predicted molar refractivity (Wildman–Crippen MR) is 63.3 cm³/mol. The molecule has 3 N–H and O–H groups in total. The summed E-state index contributed by atoms with van der Waals surface area (Å²) in [6.45, 7) is 6.24. The van der Waals surface area contributed by atoms with Gasteiger partial charge in [-0.1, -0.05) is 25.8 Å². The Morgan fingerprint density at radius 2 is 2.13 bits per heavy atom. The Hall–Kier alpha value is -0.930. The molecule has 1 atom stereocenters. The molecule has 1 heterocycles. The molecular formula is C12H21N3. The minimum atomic E-state index is 0.234. The predicted octanol–water partition coefficient (Wildman–Crippen LogP) is 2.39. The van der Waals surface area contributed by atoms with Crippen molar-refractivity contribution in [3.63, 3.8) is 0 Å². The molecule has 0 aliphatic heterocycles. The van der Waals surface area contributed by atoms with E-state index in [9.17, 15) is 0 Å². The van der Waals surface area contributed by atoms with Crippen molar-refractivity contribution >= 4 is 0 Å². The maximum absolute atomic E-state index is 5.57. The maximum atomic E-state index is 5.57. The third-order valence-corrected chi connectivity index (χ3v) is 2.69. The van der Waals surface area contributed by atoms with Gasteiger partial charge in [0.2, 0.25) is 0 Å². The average molecular weight is 207 g/mol. The lowest BCUT2D eigenvalue weighted by atomic mass is 10.0. The van der Waals surface area contributed by atoms with Crippen LogP contribution in [0.3, 0.4) is 0 Å². The normalized spacial score (nSPS) is 12.8. The Bertz CT molecular complexity index is 310. The number of pyridine rings is 1. The van der Waals surface area contributed by atoms with Crippen LogP contribution in [0.2, 0.25) is 0 Å². The highest BCUT2D eigenvalue weighted by Gasteiger charge is 2.12. The number of nitrogens with zero attached hydrogens (tertiary/aromatic N) is 1. The number of hydrazine groups is 1. The molecule has 1 unspecified atom stereocenters. The van der Waals surface area contributed by atoms with Gasteiger partial charge in [-0.15, -0.1) is 0 Å². The molecule has 0 saturated carbocycles. The van der Waals surface area contributed by atoms with E-state index in [2.05, 4.69) is 23.4 Å². The quantitative estimate of drug-likeness (QED) is 0.576. The summed E-state index contributed by atoms with van der Waals surface area (Å²) in [4.78, 5) is 4.45. The first-order chi connectivity index (χ1) is 7.19. The van der Waals surface area contributed by atoms with Crippen molar-refractivity contribution in [1.82, 2.24) is 10.4 Å². The zero-order valence-electron chi connectivity index (χ0n) is 9.88. The molecule has 1 aromatic rings. The van der Waals surface area contributed by atoms with Crippen LogP contribution < -0.4 is 11.3 Å². The third-order valence-electron chi connectivity index (χ3n) is 2.69. The van der Waals surface area contributed by atoms with Crippen molar-refractivity contribution in [2.45, 2.75) is 46.1 Å². The van der Waals surface area contributed by atoms with Gasteiger partial charge in [0.1, 0.15) is 0 Å². The zero-order valence-corrected chi connectivity index (χ0v) is 9.88. The van der Waals surface area contributed by atoms with Gasteiger partial charge in [-0.25, -0.2) is 0 Å². The molecule has 0 radical (unpaired) electrons. The first-order valence-electron chi connectivity index (χ1n) is 5.59. The number of unbranched alkanes of at least 4 members (excludes halogenated alkanes) is 1. The summed E-state index contributed by atoms with van der Waals surface area (Å²) in [5.74, 6) is 5.57. The van der Waals surface area contributed by atoms with Crippen LogP contribution >= 0.6 is 0 Å². The lowest BCUT2D eigenvalue weighted by molar-refractivity contribution is 0.491. The molecule has 3 heteroatoms. The second kappa shape index (κ2) is 5.83. The summed E-state index contributed by atoms with van der Waals surface area (Å²) in [7, 11) is 0. The Balaban J connectivity index is 2.81. The molecule has 0 fully saturated rings. The van der Waals surface area contributed by atoms with Crippen molar-refractivity contribution in [3.05, 3.63) is 29.1 Å². The number of aromatic nitrogens is 1. The van der Waals surface area contributed by atoms with E-state index < -0.39 is 0 Å². The van der Waals surface area contributed by atoms with Gasteiger partial charge in [-0.2, -0.15) is 0 Å². The van der Waals surface area contributed by atoms with Crippen LogP contribution in [0.15, 0.2) is 12.1 Å². The smallest absolute Gasteiger partial charge is 0.0477 e. The van der Waals surface area contributed by atoms with Gasteiger partial charge in [0.25, 0.3) is 0 Å². The van der Waals surface area contributed by atoms with Crippen molar-refractivity contribution in [2.75, 3.05) is 0 Å². The molecule has 84 valence electrons. The molecule has 1 aromatic heterocycles. The maximum Gasteiger partial charge on any atom is 0.0477 e. The fourth-order valence-electron chi connectivity index (χ4n) is 1.80. The van der Waals surface area contributed by atoms with E-state index in [0.717, 1.165) is 17.8 Å². The van der Waals surface area contributed by atoms with Crippen LogP contribution in [0.25, 0.3) is 0 Å². The summed E-state index contributed by atoms with van der Waals surface area (Å²) in [5, 5.41) is 0. The van der Waals surface area contributed by atoms with Crippen LogP contribution in [0.1, 0.15) is 49.2 Å². The summed E-state index contributed by atoms with van der Waals surface area (Å²) in [6, 6.07) is 4.40. The number of aryl methyl sites for hydroxylation is 2. The van der Waals surface area contributed by atoms with E-state index in [1.807, 2.05) is 19.9 Å². The van der Waals surface area contributed by atoms with Crippen LogP contribution in [-0.4, -0.2) is 4.98 Å². The minimum absolute atomic E-state index is 0.234. The summed E-state index contributed by atoms with van der Waals surface area (Å²) < 4.78 is 0. The Morgan fingerprint density at radius 3 is 2.67 bits per heavy atom. The second-order valence-electron chi connectivity index (χ2n) is 3.99. The third kappa shape index (κ3) is 3.29. The molecule has 0 aromatic carbocycles. The fraction of sp³-hybridized carbons (Fsp3) is 0.583. The largest absolute Gasteiger partial charge is 0.271 e. The summed E-state index contributed by atoms with van der Waals surface area (Å²) in [5.41, 5.74) is 6.23. The highest BCUT2D eigenvalue weighted by atomic mass is 15.2. The Morgan fingerprint density at radius 1 is 1.40 bits per heavy atom. The highest BCUT2D eigenvalue weighted by Crippen LogP contribution is 2.21. The van der Waals surface area contributed by atoms with Crippen LogP contribution in [0, 0.1) is 13.8 Å². The van der Waals surface area contributed by atoms with Crippen LogP contribution in [0.4, 0.5) is 0 Å². The number of rotatable bonds is 5. The first-order valence-corrected chi connectivity index (χ1v) is 5.59. The lowest BCUT2D eigenvalue weighted by Gasteiger charge is -2.17. The highest BCUT2D eigenvalue weighted by molar-refractivity contribution is 5.24. The van der Waals surface area contributed by atoms with E-state index in [1.54, 1.807) is 0 Å². The van der Waals surface area contributed by atoms with Crippen molar-refractivity contribution in [2.24, 2.45) is 5.84 Å². The van der Waals surface area contributed by atoms with E-state index >= 15 is 0 Å². The summed E-state index contributed by atoms with van der Waals surface area (Å²) in [6.07, 6.45) is 3.44. The molecule has 15 heavy (non-hydrogen) atoms. The monoisotopic (exact) mass is 207 g/mol. The van der Waals surface area contributed by atoms with Gasteiger partial charge in [-0.3, -0.25) is 16.3 Å². The molecular weight excluding hydrogens is 186 g/mol. The molecule has 0 spiro atoms. The number of hydrogen-bond acceptors (Lipinski definition) is 3. The Kier molecular flexibility index (Phi) is 4.72. The molecule has 3 nitrogen and oxygen atoms in total. The SMILES string of the molecule is CCCCC(NN)c1ccc(C)nc1C. The molecule has 0 bridgehead atoms. The van der Waals surface area contributed by atoms with E-state index in [1.165, 1.54) is 18.4 Å². The van der Waals surface area contributed by atoms with Gasteiger partial charge < -0.3 is 0 Å². The van der Waals surface area contributed by atoms with Gasteiger partial charge in [0.05, 0.1) is 0 Å². The van der Waals surface area contributed by atoms with Crippen LogP contribution in [-0.2, 0) is 0 Å². The average Bonchev–Trinajstić information content (AvgIpc) is 2.21. The van der Waals surface area contributed by atoms with E-state index in [4.69, 9.17) is 5.84 Å². The number of nitrogens with two attached hydrogens (primary N) is 1. The van der Waals surface area contributed by atoms with Gasteiger partial charge >= 0.3 is 0 Å². The first kappa shape index (κ1) is 12.1. The van der Waals surface area contributed by atoms with E-state index in [0.29, 0.717) is 0 Å². The molecule has 0 aliphatic rings. The van der Waals surface area contributed by atoms with E-state index in [-0.39, 0.29) is 6.04 Å². The number of nitrogens with one attached hydrogen (secondary N) is 1. The molecule has 0 saturated heterocycles. The topological polar surface area (TPSA) is 50.9 Å². The fourth-order valence-corrected chi connectivity index (χ4v) is 1.80. The summed E-state index contributed by atoms with van der Waals surface area (Å²) >= 11 is 0. The van der Waals surface area contributed by atoms with Crippen molar-refractivity contribution in [3.8, 4) is 0 Å². The molecule has 0 aliphatic carbocycles. The zero-order chi connectivity index (χ0) is 11.3. The lowest BCUT2D eigenvalue weighted by Crippen LogP contribution is -2.28. The van der Waals surface area contributed by atoms with Crippen molar-refractivity contribution < 1.29 is 0 Å². The minimum Gasteiger partial charge on any atom is -0.271 e. The Labute approximate surface area is 92.1 Å². The van der Waals surface area contributed by atoms with Gasteiger partial charge in [-0.05, 0) is 31.9 Å². The number of hydrogen-bond donors (Lipinski definition) is 2. The van der Waals surface area contributed by atoms with Crippen molar-refractivity contribution in [1.29, 1.82) is 0 Å².